The van der Waals surface area contributed by atoms with Crippen molar-refractivity contribution in [2.45, 2.75) is 20.0 Å². The Morgan fingerprint density at radius 3 is 2.33 bits per heavy atom. The number of hydrogen-bond acceptors (Lipinski definition) is 4. The first-order valence-corrected chi connectivity index (χ1v) is 8.16. The second-order valence-corrected chi connectivity index (χ2v) is 6.54. The van der Waals surface area contributed by atoms with Crippen LogP contribution in [0.1, 0.15) is 31.1 Å². The van der Waals surface area contributed by atoms with E-state index in [0.29, 0.717) is 44.5 Å². The van der Waals surface area contributed by atoms with E-state index in [9.17, 15) is 5.11 Å². The van der Waals surface area contributed by atoms with Crippen LogP contribution in [0.4, 0.5) is 0 Å². The van der Waals surface area contributed by atoms with E-state index in [2.05, 4.69) is 0 Å². The minimum Gasteiger partial charge on any atom is -0.490 e. The highest BCUT2D eigenvalue weighted by Crippen LogP contribution is 2.39. The van der Waals surface area contributed by atoms with Crippen molar-refractivity contribution in [3.63, 3.8) is 0 Å². The Hall–Kier alpha value is -0.940. The molecule has 0 aliphatic rings. The summed E-state index contributed by atoms with van der Waals surface area (Å²) in [5, 5.41) is 10.5. The van der Waals surface area contributed by atoms with E-state index in [1.54, 1.807) is 24.3 Å². The summed E-state index contributed by atoms with van der Waals surface area (Å²) in [6.45, 7) is 4.87. The molecule has 0 aliphatic carbocycles. The highest BCUT2D eigenvalue weighted by molar-refractivity contribution is 7.20. The summed E-state index contributed by atoms with van der Waals surface area (Å²) < 4.78 is 12.1. The lowest BCUT2D eigenvalue weighted by Crippen LogP contribution is -2.02. The molecule has 2 aromatic rings. The molecule has 1 aromatic carbocycles. The lowest BCUT2D eigenvalue weighted by molar-refractivity contribution is 0.219. The van der Waals surface area contributed by atoms with Gasteiger partial charge >= 0.3 is 0 Å². The van der Waals surface area contributed by atoms with Gasteiger partial charge in [-0.3, -0.25) is 0 Å². The largest absolute Gasteiger partial charge is 0.490 e. The SMILES string of the molecule is CCOc1ccc(C(O)c2cc(Cl)sc2Cl)cc1OCC. The quantitative estimate of drug-likeness (QED) is 0.805. The summed E-state index contributed by atoms with van der Waals surface area (Å²) in [6, 6.07) is 7.02. The molecule has 3 nitrogen and oxygen atoms in total. The average Bonchev–Trinajstić information content (AvgIpc) is 2.79. The lowest BCUT2D eigenvalue weighted by Gasteiger charge is -2.15. The fourth-order valence-electron chi connectivity index (χ4n) is 1.96. The normalized spacial score (nSPS) is 12.2. The van der Waals surface area contributed by atoms with Gasteiger partial charge < -0.3 is 14.6 Å². The zero-order valence-corrected chi connectivity index (χ0v) is 14.1. The van der Waals surface area contributed by atoms with Crippen molar-refractivity contribution in [2.24, 2.45) is 0 Å². The van der Waals surface area contributed by atoms with Gasteiger partial charge in [-0.1, -0.05) is 29.3 Å². The third kappa shape index (κ3) is 3.83. The molecule has 0 radical (unpaired) electrons. The summed E-state index contributed by atoms with van der Waals surface area (Å²) in [5.41, 5.74) is 1.27. The highest BCUT2D eigenvalue weighted by atomic mass is 35.5. The van der Waals surface area contributed by atoms with E-state index in [4.69, 9.17) is 32.7 Å². The topological polar surface area (TPSA) is 38.7 Å². The molecule has 0 aliphatic heterocycles. The Labute approximate surface area is 138 Å². The van der Waals surface area contributed by atoms with Crippen molar-refractivity contribution < 1.29 is 14.6 Å². The summed E-state index contributed by atoms with van der Waals surface area (Å²) in [7, 11) is 0. The van der Waals surface area contributed by atoms with Gasteiger partial charge in [0.05, 0.1) is 17.6 Å². The van der Waals surface area contributed by atoms with Crippen LogP contribution >= 0.6 is 34.5 Å². The van der Waals surface area contributed by atoms with Crippen molar-refractivity contribution >= 4 is 34.5 Å². The first-order chi connectivity index (χ1) is 10.1. The molecule has 1 unspecified atom stereocenters. The van der Waals surface area contributed by atoms with E-state index in [1.807, 2.05) is 13.8 Å². The Morgan fingerprint density at radius 2 is 1.76 bits per heavy atom. The number of rotatable bonds is 6. The predicted molar refractivity (Wildman–Crippen MR) is 87.2 cm³/mol. The minimum absolute atomic E-state index is 0.486. The maximum Gasteiger partial charge on any atom is 0.161 e. The summed E-state index contributed by atoms with van der Waals surface area (Å²) in [5.74, 6) is 1.26. The number of benzene rings is 1. The van der Waals surface area contributed by atoms with Crippen LogP contribution < -0.4 is 9.47 Å². The number of aliphatic hydroxyl groups is 1. The Bertz CT molecular complexity index is 613. The van der Waals surface area contributed by atoms with Crippen LogP contribution in [-0.4, -0.2) is 18.3 Å². The van der Waals surface area contributed by atoms with Crippen LogP contribution in [0, 0.1) is 0 Å². The first kappa shape index (κ1) is 16.4. The van der Waals surface area contributed by atoms with Crippen molar-refractivity contribution in [3.05, 3.63) is 44.1 Å². The fraction of sp³-hybridized carbons (Fsp3) is 0.333. The molecule has 1 N–H and O–H groups in total. The number of thiophene rings is 1. The molecule has 0 amide bonds. The van der Waals surface area contributed by atoms with Gasteiger partial charge in [0.2, 0.25) is 0 Å². The molecule has 1 atom stereocenters. The van der Waals surface area contributed by atoms with Crippen LogP contribution in [0.3, 0.4) is 0 Å². The van der Waals surface area contributed by atoms with E-state index >= 15 is 0 Å². The number of halogens is 2. The number of hydrogen-bond donors (Lipinski definition) is 1. The Kier molecular flexibility index (Phi) is 5.76. The number of ether oxygens (including phenoxy) is 2. The molecule has 2 rings (SSSR count). The van der Waals surface area contributed by atoms with Gasteiger partial charge in [0.15, 0.2) is 11.5 Å². The summed E-state index contributed by atoms with van der Waals surface area (Å²) >= 11 is 13.2. The van der Waals surface area contributed by atoms with E-state index in [0.717, 1.165) is 0 Å². The molecule has 1 heterocycles. The molecule has 0 bridgehead atoms. The van der Waals surface area contributed by atoms with Gasteiger partial charge in [-0.15, -0.1) is 11.3 Å². The molecule has 0 saturated carbocycles. The Balaban J connectivity index is 2.35. The van der Waals surface area contributed by atoms with Gasteiger partial charge in [0.25, 0.3) is 0 Å². The second-order valence-electron chi connectivity index (χ2n) is 4.25. The smallest absolute Gasteiger partial charge is 0.161 e. The summed E-state index contributed by atoms with van der Waals surface area (Å²) in [6.07, 6.45) is -0.851. The van der Waals surface area contributed by atoms with Crippen molar-refractivity contribution in [3.8, 4) is 11.5 Å². The molecule has 114 valence electrons. The minimum atomic E-state index is -0.851. The first-order valence-electron chi connectivity index (χ1n) is 6.59. The van der Waals surface area contributed by atoms with Crippen molar-refractivity contribution in [1.82, 2.24) is 0 Å². The van der Waals surface area contributed by atoms with Gasteiger partial charge in [-0.05, 0) is 37.6 Å². The van der Waals surface area contributed by atoms with Gasteiger partial charge in [-0.2, -0.15) is 0 Å². The second kappa shape index (κ2) is 7.36. The van der Waals surface area contributed by atoms with Crippen LogP contribution in [0.5, 0.6) is 11.5 Å². The van der Waals surface area contributed by atoms with Crippen molar-refractivity contribution in [1.29, 1.82) is 0 Å². The fourth-order valence-corrected chi connectivity index (χ4v) is 3.48. The van der Waals surface area contributed by atoms with Crippen LogP contribution in [0.15, 0.2) is 24.3 Å². The standard InChI is InChI=1S/C15H16Cl2O3S/c1-3-19-11-6-5-9(7-12(11)20-4-2)14(18)10-8-13(16)21-15(10)17/h5-8,14,18H,3-4H2,1-2H3. The van der Waals surface area contributed by atoms with Crippen LogP contribution in [0.2, 0.25) is 8.67 Å². The van der Waals surface area contributed by atoms with E-state index < -0.39 is 6.10 Å². The zero-order chi connectivity index (χ0) is 15.4. The third-order valence-electron chi connectivity index (χ3n) is 2.86. The molecule has 6 heteroatoms. The van der Waals surface area contributed by atoms with E-state index in [1.165, 1.54) is 11.3 Å². The molecule has 0 saturated heterocycles. The molecule has 0 spiro atoms. The molecular weight excluding hydrogens is 331 g/mol. The molecule has 0 fully saturated rings. The monoisotopic (exact) mass is 346 g/mol. The number of aliphatic hydroxyl groups excluding tert-OH is 1. The molecule has 1 aromatic heterocycles. The van der Waals surface area contributed by atoms with Gasteiger partial charge in [-0.25, -0.2) is 0 Å². The maximum absolute atomic E-state index is 10.5. The predicted octanol–water partition coefficient (Wildman–Crippen LogP) is 4.93. The average molecular weight is 347 g/mol. The van der Waals surface area contributed by atoms with Gasteiger partial charge in [0, 0.05) is 5.56 Å². The van der Waals surface area contributed by atoms with Crippen molar-refractivity contribution in [2.75, 3.05) is 13.2 Å². The highest BCUT2D eigenvalue weighted by Gasteiger charge is 2.19. The Morgan fingerprint density at radius 1 is 1.10 bits per heavy atom. The van der Waals surface area contributed by atoms with Gasteiger partial charge in [0.1, 0.15) is 10.4 Å². The summed E-state index contributed by atoms with van der Waals surface area (Å²) in [4.78, 5) is 0. The molecule has 21 heavy (non-hydrogen) atoms. The van der Waals surface area contributed by atoms with E-state index in [-0.39, 0.29) is 0 Å². The maximum atomic E-state index is 10.5. The lowest BCUT2D eigenvalue weighted by atomic mass is 10.0. The van der Waals surface area contributed by atoms with Crippen LogP contribution in [-0.2, 0) is 0 Å². The molecular formula is C15H16Cl2O3S. The zero-order valence-electron chi connectivity index (χ0n) is 11.7. The third-order valence-corrected chi connectivity index (χ3v) is 4.38. The van der Waals surface area contributed by atoms with Crippen LogP contribution in [0.25, 0.3) is 0 Å².